The van der Waals surface area contributed by atoms with Crippen molar-refractivity contribution in [3.8, 4) is 11.5 Å². The Hall–Kier alpha value is -2.20. The lowest BCUT2D eigenvalue weighted by Gasteiger charge is -2.19. The van der Waals surface area contributed by atoms with E-state index in [0.717, 1.165) is 5.56 Å². The highest BCUT2D eigenvalue weighted by Gasteiger charge is 2.20. The number of nitrogens with two attached hydrogens (primary N) is 1. The highest BCUT2D eigenvalue weighted by molar-refractivity contribution is 6.35. The smallest absolute Gasteiger partial charge is 0.194 e. The van der Waals surface area contributed by atoms with Crippen molar-refractivity contribution in [3.63, 3.8) is 0 Å². The molecule has 21 heavy (non-hydrogen) atoms. The monoisotopic (exact) mass is 303 g/mol. The van der Waals surface area contributed by atoms with E-state index in [2.05, 4.69) is 0 Å². The minimum Gasteiger partial charge on any atom is -0.486 e. The summed E-state index contributed by atoms with van der Waals surface area (Å²) >= 11 is 6.21. The second-order valence-corrected chi connectivity index (χ2v) is 5.29. The van der Waals surface area contributed by atoms with E-state index < -0.39 is 0 Å². The first kappa shape index (κ1) is 13.8. The van der Waals surface area contributed by atoms with Crippen LogP contribution in [0, 0.1) is 6.92 Å². The van der Waals surface area contributed by atoms with Crippen molar-refractivity contribution in [1.29, 1.82) is 0 Å². The van der Waals surface area contributed by atoms with Gasteiger partial charge in [0.15, 0.2) is 17.3 Å². The lowest BCUT2D eigenvalue weighted by atomic mass is 9.98. The summed E-state index contributed by atoms with van der Waals surface area (Å²) in [5.41, 5.74) is 8.12. The van der Waals surface area contributed by atoms with Crippen LogP contribution in [-0.2, 0) is 0 Å². The first-order valence-corrected chi connectivity index (χ1v) is 6.94. The molecule has 4 nitrogen and oxygen atoms in total. The van der Waals surface area contributed by atoms with Gasteiger partial charge < -0.3 is 15.2 Å². The topological polar surface area (TPSA) is 61.6 Å². The normalized spacial score (nSPS) is 13.0. The van der Waals surface area contributed by atoms with Crippen LogP contribution in [0.15, 0.2) is 30.3 Å². The first-order valence-electron chi connectivity index (χ1n) is 6.56. The summed E-state index contributed by atoms with van der Waals surface area (Å²) in [5, 5.41) is 0.348. The molecule has 2 aromatic rings. The predicted molar refractivity (Wildman–Crippen MR) is 81.5 cm³/mol. The molecule has 2 aromatic carbocycles. The van der Waals surface area contributed by atoms with Gasteiger partial charge in [-0.2, -0.15) is 0 Å². The van der Waals surface area contributed by atoms with E-state index in [0.29, 0.717) is 46.5 Å². The number of hydrogen-bond acceptors (Lipinski definition) is 4. The average molecular weight is 304 g/mol. The number of anilines is 1. The van der Waals surface area contributed by atoms with Crippen LogP contribution in [0.3, 0.4) is 0 Å². The summed E-state index contributed by atoms with van der Waals surface area (Å²) in [6.45, 7) is 2.78. The minimum absolute atomic E-state index is 0.158. The van der Waals surface area contributed by atoms with Gasteiger partial charge in [-0.1, -0.05) is 11.6 Å². The third-order valence-corrected chi connectivity index (χ3v) is 3.68. The van der Waals surface area contributed by atoms with Crippen molar-refractivity contribution in [2.24, 2.45) is 0 Å². The van der Waals surface area contributed by atoms with Crippen molar-refractivity contribution in [2.45, 2.75) is 6.92 Å². The molecular weight excluding hydrogens is 290 g/mol. The number of carbonyl (C=O) groups excluding carboxylic acids is 1. The quantitative estimate of drug-likeness (QED) is 0.683. The van der Waals surface area contributed by atoms with Crippen molar-refractivity contribution in [2.75, 3.05) is 18.9 Å². The summed E-state index contributed by atoms with van der Waals surface area (Å²) in [6, 6.07) is 8.43. The Morgan fingerprint density at radius 3 is 2.43 bits per heavy atom. The van der Waals surface area contributed by atoms with E-state index in [-0.39, 0.29) is 5.78 Å². The standard InChI is InChI=1S/C16H14ClNO3/c1-9-6-10(18)2-3-11(9)16(19)12-7-14-15(8-13(12)17)21-5-4-20-14/h2-3,6-8H,4-5,18H2,1H3. The Bertz CT molecular complexity index is 728. The maximum atomic E-state index is 12.7. The molecule has 0 unspecified atom stereocenters. The molecule has 0 fully saturated rings. The second kappa shape index (κ2) is 5.30. The third-order valence-electron chi connectivity index (χ3n) is 3.37. The fraction of sp³-hybridized carbons (Fsp3) is 0.188. The average Bonchev–Trinajstić information content (AvgIpc) is 2.46. The van der Waals surface area contributed by atoms with Crippen LogP contribution in [-0.4, -0.2) is 19.0 Å². The molecule has 0 spiro atoms. The van der Waals surface area contributed by atoms with E-state index >= 15 is 0 Å². The van der Waals surface area contributed by atoms with Gasteiger partial charge in [-0.15, -0.1) is 0 Å². The number of ether oxygens (including phenoxy) is 2. The number of hydrogen-bond donors (Lipinski definition) is 1. The van der Waals surface area contributed by atoms with E-state index in [1.165, 1.54) is 0 Å². The van der Waals surface area contributed by atoms with Gasteiger partial charge in [0, 0.05) is 22.9 Å². The molecule has 0 aromatic heterocycles. The lowest BCUT2D eigenvalue weighted by molar-refractivity contribution is 0.103. The van der Waals surface area contributed by atoms with Crippen molar-refractivity contribution in [1.82, 2.24) is 0 Å². The fourth-order valence-corrected chi connectivity index (χ4v) is 2.56. The fourth-order valence-electron chi connectivity index (χ4n) is 2.32. The molecular formula is C16H14ClNO3. The molecule has 0 saturated carbocycles. The first-order chi connectivity index (χ1) is 10.1. The lowest BCUT2D eigenvalue weighted by Crippen LogP contribution is -2.16. The molecule has 2 N–H and O–H groups in total. The Morgan fingerprint density at radius 2 is 1.76 bits per heavy atom. The van der Waals surface area contributed by atoms with Crippen molar-refractivity contribution < 1.29 is 14.3 Å². The predicted octanol–water partition coefficient (Wildman–Crippen LogP) is 3.23. The van der Waals surface area contributed by atoms with Crippen LogP contribution in [0.25, 0.3) is 0 Å². The molecule has 1 heterocycles. The number of halogens is 1. The molecule has 0 radical (unpaired) electrons. The largest absolute Gasteiger partial charge is 0.486 e. The summed E-state index contributed by atoms with van der Waals surface area (Å²) in [6.07, 6.45) is 0. The molecule has 3 rings (SSSR count). The van der Waals surface area contributed by atoms with Gasteiger partial charge in [-0.3, -0.25) is 4.79 Å². The Kier molecular flexibility index (Phi) is 3.47. The number of aryl methyl sites for hydroxylation is 1. The molecule has 108 valence electrons. The SMILES string of the molecule is Cc1cc(N)ccc1C(=O)c1cc2c(cc1Cl)OCCO2. The maximum absolute atomic E-state index is 12.7. The number of carbonyl (C=O) groups is 1. The molecule has 0 saturated heterocycles. The Morgan fingerprint density at radius 1 is 1.10 bits per heavy atom. The van der Waals surface area contributed by atoms with E-state index in [4.69, 9.17) is 26.8 Å². The van der Waals surface area contributed by atoms with Crippen LogP contribution >= 0.6 is 11.6 Å². The third kappa shape index (κ3) is 2.54. The maximum Gasteiger partial charge on any atom is 0.194 e. The number of nitrogen functional groups attached to an aromatic ring is 1. The molecule has 0 bridgehead atoms. The zero-order valence-electron chi connectivity index (χ0n) is 11.5. The molecule has 1 aliphatic heterocycles. The van der Waals surface area contributed by atoms with Crippen molar-refractivity contribution >= 4 is 23.1 Å². The molecule has 0 aliphatic carbocycles. The van der Waals surface area contributed by atoms with E-state index in [1.54, 1.807) is 30.3 Å². The van der Waals surface area contributed by atoms with Crippen molar-refractivity contribution in [3.05, 3.63) is 52.0 Å². The minimum atomic E-state index is -0.158. The highest BCUT2D eigenvalue weighted by Crippen LogP contribution is 2.36. The van der Waals surface area contributed by atoms with Gasteiger partial charge in [-0.05, 0) is 36.8 Å². The van der Waals surface area contributed by atoms with Crippen LogP contribution in [0.1, 0.15) is 21.5 Å². The summed E-state index contributed by atoms with van der Waals surface area (Å²) in [7, 11) is 0. The summed E-state index contributed by atoms with van der Waals surface area (Å²) in [5.74, 6) is 0.952. The molecule has 5 heteroatoms. The van der Waals surface area contributed by atoms with Gasteiger partial charge >= 0.3 is 0 Å². The number of ketones is 1. The van der Waals surface area contributed by atoms with Crippen LogP contribution in [0.2, 0.25) is 5.02 Å². The van der Waals surface area contributed by atoms with Gasteiger partial charge in [0.2, 0.25) is 0 Å². The zero-order chi connectivity index (χ0) is 15.0. The van der Waals surface area contributed by atoms with Crippen LogP contribution < -0.4 is 15.2 Å². The summed E-state index contributed by atoms with van der Waals surface area (Å²) < 4.78 is 10.9. The van der Waals surface area contributed by atoms with Gasteiger partial charge in [0.25, 0.3) is 0 Å². The zero-order valence-corrected chi connectivity index (χ0v) is 12.2. The number of benzene rings is 2. The van der Waals surface area contributed by atoms with Gasteiger partial charge in [0.1, 0.15) is 13.2 Å². The Labute approximate surface area is 127 Å². The Balaban J connectivity index is 2.05. The van der Waals surface area contributed by atoms with E-state index in [9.17, 15) is 4.79 Å². The second-order valence-electron chi connectivity index (χ2n) is 4.88. The number of rotatable bonds is 2. The molecule has 0 atom stereocenters. The molecule has 1 aliphatic rings. The molecule has 0 amide bonds. The highest BCUT2D eigenvalue weighted by atomic mass is 35.5. The van der Waals surface area contributed by atoms with Gasteiger partial charge in [-0.25, -0.2) is 0 Å². The van der Waals surface area contributed by atoms with Gasteiger partial charge in [0.05, 0.1) is 5.02 Å². The van der Waals surface area contributed by atoms with E-state index in [1.807, 2.05) is 6.92 Å². The van der Waals surface area contributed by atoms with Crippen LogP contribution in [0.5, 0.6) is 11.5 Å². The number of fused-ring (bicyclic) bond motifs is 1. The summed E-state index contributed by atoms with van der Waals surface area (Å²) in [4.78, 5) is 12.7. The van der Waals surface area contributed by atoms with Crippen LogP contribution in [0.4, 0.5) is 5.69 Å².